The number of oxazole rings is 1. The molecule has 1 fully saturated rings. The number of nitriles is 1. The Morgan fingerprint density at radius 1 is 1.12 bits per heavy atom. The third-order valence-corrected chi connectivity index (χ3v) is 6.02. The maximum Gasteiger partial charge on any atom is 0.295 e. The molecular weight excluding hydrogens is 456 g/mol. The number of fused-ring (bicyclic) bond motifs is 1. The van der Waals surface area contributed by atoms with Crippen molar-refractivity contribution in [1.82, 2.24) is 9.88 Å². The number of aromatic nitrogens is 1. The van der Waals surface area contributed by atoms with Crippen molar-refractivity contribution in [1.29, 1.82) is 5.26 Å². The van der Waals surface area contributed by atoms with Gasteiger partial charge >= 0.3 is 0 Å². The van der Waals surface area contributed by atoms with Crippen LogP contribution in [0.3, 0.4) is 0 Å². The normalized spacial score (nSPS) is 14.6. The highest BCUT2D eigenvalue weighted by Gasteiger charge is 2.22. The van der Waals surface area contributed by atoms with Crippen molar-refractivity contribution >= 4 is 28.7 Å². The highest BCUT2D eigenvalue weighted by Crippen LogP contribution is 2.36. The molecule has 8 nitrogen and oxygen atoms in total. The first-order chi connectivity index (χ1) is 16.6. The number of piperidine rings is 1. The van der Waals surface area contributed by atoms with Crippen LogP contribution in [-0.2, 0) is 6.54 Å². The zero-order valence-electron chi connectivity index (χ0n) is 19.5. The average Bonchev–Trinajstić information content (AvgIpc) is 3.23. The van der Waals surface area contributed by atoms with Crippen LogP contribution in [0.15, 0.2) is 34.7 Å². The summed E-state index contributed by atoms with van der Waals surface area (Å²) < 4.78 is 22.6. The molecule has 9 heteroatoms. The molecule has 1 saturated heterocycles. The summed E-state index contributed by atoms with van der Waals surface area (Å²) in [6, 6.07) is 12.1. The van der Waals surface area contributed by atoms with Crippen molar-refractivity contribution in [3.8, 4) is 23.3 Å². The Bertz CT molecular complexity index is 1120. The van der Waals surface area contributed by atoms with Crippen molar-refractivity contribution in [3.05, 3.63) is 40.9 Å². The van der Waals surface area contributed by atoms with Gasteiger partial charge in [0.05, 0.1) is 13.2 Å². The monoisotopic (exact) mass is 484 g/mol. The van der Waals surface area contributed by atoms with Gasteiger partial charge in [0, 0.05) is 31.7 Å². The first-order valence-electron chi connectivity index (χ1n) is 11.6. The van der Waals surface area contributed by atoms with Crippen molar-refractivity contribution < 1.29 is 18.6 Å². The van der Waals surface area contributed by atoms with E-state index in [2.05, 4.69) is 15.2 Å². The van der Waals surface area contributed by atoms with Gasteiger partial charge in [0.2, 0.25) is 0 Å². The molecule has 0 unspecified atom stereocenters. The van der Waals surface area contributed by atoms with Gasteiger partial charge in [-0.25, -0.2) is 0 Å². The summed E-state index contributed by atoms with van der Waals surface area (Å²) in [5.74, 6) is 1.93. The third kappa shape index (κ3) is 5.85. The maximum atomic E-state index is 8.67. The molecule has 0 saturated carbocycles. The first-order valence-corrected chi connectivity index (χ1v) is 11.9. The number of nitrogens with zero attached hydrogens (tertiary/aromatic N) is 3. The molecule has 2 aromatic carbocycles. The van der Waals surface area contributed by atoms with Gasteiger partial charge in [-0.3, -0.25) is 4.90 Å². The van der Waals surface area contributed by atoms with Crippen LogP contribution in [0.4, 0.5) is 6.01 Å². The molecule has 4 rings (SSSR count). The number of anilines is 1. The van der Waals surface area contributed by atoms with Gasteiger partial charge < -0.3 is 23.9 Å². The third-order valence-electron chi connectivity index (χ3n) is 5.65. The van der Waals surface area contributed by atoms with E-state index in [1.54, 1.807) is 12.1 Å². The Morgan fingerprint density at radius 2 is 1.82 bits per heavy atom. The molecular formula is C25H29ClN4O4. The number of ether oxygens (including phenoxy) is 3. The van der Waals surface area contributed by atoms with E-state index in [0.717, 1.165) is 38.0 Å². The fourth-order valence-electron chi connectivity index (χ4n) is 4.08. The van der Waals surface area contributed by atoms with Gasteiger partial charge in [-0.05, 0) is 56.5 Å². The van der Waals surface area contributed by atoms with Crippen LogP contribution >= 0.6 is 11.6 Å². The predicted octanol–water partition coefficient (Wildman–Crippen LogP) is 5.26. The summed E-state index contributed by atoms with van der Waals surface area (Å²) in [4.78, 5) is 6.94. The fraction of sp³-hybridized carbons (Fsp3) is 0.440. The summed E-state index contributed by atoms with van der Waals surface area (Å²) >= 11 is 6.43. The molecule has 2 heterocycles. The smallest absolute Gasteiger partial charge is 0.295 e. The molecule has 1 N–H and O–H groups in total. The lowest BCUT2D eigenvalue weighted by atomic mass is 10.0. The van der Waals surface area contributed by atoms with Crippen LogP contribution in [-0.4, -0.2) is 48.8 Å². The SMILES string of the molecule is CCOc1cc(CN2CCC(Nc3nc4cc(OCC#N)ccc4o3)CC2)cc(OCC)c1Cl. The molecule has 0 radical (unpaired) electrons. The summed E-state index contributed by atoms with van der Waals surface area (Å²) in [6.07, 6.45) is 1.94. The van der Waals surface area contributed by atoms with E-state index >= 15 is 0 Å². The van der Waals surface area contributed by atoms with E-state index in [1.807, 2.05) is 38.1 Å². The molecule has 3 aromatic rings. The highest BCUT2D eigenvalue weighted by molar-refractivity contribution is 6.33. The summed E-state index contributed by atoms with van der Waals surface area (Å²) in [7, 11) is 0. The molecule has 1 aliphatic heterocycles. The van der Waals surface area contributed by atoms with Gasteiger partial charge in [-0.1, -0.05) is 11.6 Å². The Morgan fingerprint density at radius 3 is 2.47 bits per heavy atom. The van der Waals surface area contributed by atoms with E-state index in [0.29, 0.717) is 52.6 Å². The van der Waals surface area contributed by atoms with E-state index < -0.39 is 0 Å². The Balaban J connectivity index is 1.34. The molecule has 1 aromatic heterocycles. The number of hydrogen-bond donors (Lipinski definition) is 1. The molecule has 0 aliphatic carbocycles. The second-order valence-electron chi connectivity index (χ2n) is 8.06. The zero-order valence-corrected chi connectivity index (χ0v) is 20.2. The van der Waals surface area contributed by atoms with E-state index in [9.17, 15) is 0 Å². The number of rotatable bonds is 10. The van der Waals surface area contributed by atoms with Crippen LogP contribution in [0, 0.1) is 11.3 Å². The molecule has 1 aliphatic rings. The van der Waals surface area contributed by atoms with E-state index in [4.69, 9.17) is 35.5 Å². The lowest BCUT2D eigenvalue weighted by Gasteiger charge is -2.32. The van der Waals surface area contributed by atoms with Gasteiger partial charge in [0.15, 0.2) is 12.2 Å². The topological polar surface area (TPSA) is 92.8 Å². The van der Waals surface area contributed by atoms with Gasteiger partial charge in [-0.15, -0.1) is 0 Å². The standard InChI is InChI=1S/C25H29ClN4O4/c1-3-31-22-13-17(14-23(24(22)26)32-4-2)16-30-10-7-18(8-11-30)28-25-29-20-15-19(33-12-9-27)5-6-21(20)34-25/h5-6,13-15,18H,3-4,7-8,10-12,16H2,1-2H3,(H,28,29). The van der Waals surface area contributed by atoms with E-state index in [1.165, 1.54) is 0 Å². The number of benzene rings is 2. The second kappa shape index (κ2) is 11.3. The summed E-state index contributed by atoms with van der Waals surface area (Å²) in [5, 5.41) is 12.6. The minimum absolute atomic E-state index is 0.00292. The lowest BCUT2D eigenvalue weighted by Crippen LogP contribution is -2.38. The largest absolute Gasteiger partial charge is 0.492 e. The Hall–Kier alpha value is -3.15. The minimum Gasteiger partial charge on any atom is -0.492 e. The molecule has 0 bridgehead atoms. The molecule has 34 heavy (non-hydrogen) atoms. The van der Waals surface area contributed by atoms with Crippen molar-refractivity contribution in [2.45, 2.75) is 39.3 Å². The Kier molecular flexibility index (Phi) is 7.99. The quantitative estimate of drug-likeness (QED) is 0.416. The lowest BCUT2D eigenvalue weighted by molar-refractivity contribution is 0.209. The van der Waals surface area contributed by atoms with Gasteiger partial charge in [0.25, 0.3) is 6.01 Å². The summed E-state index contributed by atoms with van der Waals surface area (Å²) in [5.41, 5.74) is 2.51. The van der Waals surface area contributed by atoms with Gasteiger partial charge in [-0.2, -0.15) is 10.2 Å². The van der Waals surface area contributed by atoms with Crippen molar-refractivity contribution in [3.63, 3.8) is 0 Å². The molecule has 0 atom stereocenters. The highest BCUT2D eigenvalue weighted by atomic mass is 35.5. The molecule has 180 valence electrons. The molecule has 0 amide bonds. The van der Waals surface area contributed by atoms with Crippen LogP contribution in [0.2, 0.25) is 5.02 Å². The number of hydrogen-bond acceptors (Lipinski definition) is 8. The zero-order chi connectivity index (χ0) is 23.9. The van der Waals surface area contributed by atoms with Crippen molar-refractivity contribution in [2.24, 2.45) is 0 Å². The maximum absolute atomic E-state index is 8.67. The average molecular weight is 485 g/mol. The van der Waals surface area contributed by atoms with Crippen LogP contribution in [0.25, 0.3) is 11.1 Å². The summed E-state index contributed by atoms with van der Waals surface area (Å²) in [6.45, 7) is 7.69. The van der Waals surface area contributed by atoms with Crippen LogP contribution < -0.4 is 19.5 Å². The fourth-order valence-corrected chi connectivity index (χ4v) is 4.30. The first kappa shape index (κ1) is 24.0. The predicted molar refractivity (Wildman–Crippen MR) is 131 cm³/mol. The van der Waals surface area contributed by atoms with E-state index in [-0.39, 0.29) is 12.6 Å². The Labute approximate surface area is 204 Å². The van der Waals surface area contributed by atoms with Crippen molar-refractivity contribution in [2.75, 3.05) is 38.2 Å². The number of likely N-dealkylation sites (tertiary alicyclic amines) is 1. The minimum atomic E-state index is 0.00292. The number of halogens is 1. The number of nitrogens with one attached hydrogen (secondary N) is 1. The second-order valence-corrected chi connectivity index (χ2v) is 8.44. The van der Waals surface area contributed by atoms with Crippen LogP contribution in [0.1, 0.15) is 32.3 Å². The molecule has 0 spiro atoms. The van der Waals surface area contributed by atoms with Crippen LogP contribution in [0.5, 0.6) is 17.2 Å². The van der Waals surface area contributed by atoms with Gasteiger partial charge in [0.1, 0.15) is 33.9 Å².